The molecule has 3 aromatic heterocycles. The predicted octanol–water partition coefficient (Wildman–Crippen LogP) is -2.59. The molecule has 0 unspecified atom stereocenters. The molecule has 3 aromatic rings. The van der Waals surface area contributed by atoms with Crippen molar-refractivity contribution in [3.8, 4) is 0 Å². The second-order valence-corrected chi connectivity index (χ2v) is 9.75. The van der Waals surface area contributed by atoms with Crippen molar-refractivity contribution in [2.75, 3.05) is 18.6 Å². The molecule has 1 saturated heterocycles. The minimum absolute atomic E-state index is 0.155. The van der Waals surface area contributed by atoms with Crippen molar-refractivity contribution in [2.45, 2.75) is 18.0 Å². The SMILES string of the molecule is CO/N=C(\C(=O)N[C@@H]1C(=O)N2C(C(=O)[O-])=C(C[n+]3ccn4[nH]c(=O)ccc43)CS[C@H]12)c1csc(N)n1. The van der Waals surface area contributed by atoms with Gasteiger partial charge in [0.2, 0.25) is 0 Å². The second-order valence-electron chi connectivity index (χ2n) is 7.76. The lowest BCUT2D eigenvalue weighted by atomic mass is 10.0. The maximum atomic E-state index is 13.0. The Morgan fingerprint density at radius 3 is 2.92 bits per heavy atom. The molecule has 0 saturated carbocycles. The number of aromatic amines is 1. The van der Waals surface area contributed by atoms with Gasteiger partial charge in [0.05, 0.1) is 11.7 Å². The van der Waals surface area contributed by atoms with E-state index in [1.165, 1.54) is 34.8 Å². The largest absolute Gasteiger partial charge is 0.543 e. The number of β-lactam (4-membered cyclic amide) rings is 1. The van der Waals surface area contributed by atoms with E-state index in [1.54, 1.807) is 23.0 Å². The van der Waals surface area contributed by atoms with Gasteiger partial charge in [0.15, 0.2) is 17.0 Å². The molecular weight excluding hydrogens is 512 g/mol. The molecule has 16 heteroatoms. The molecule has 5 rings (SSSR count). The number of nitrogens with zero attached hydrogens (tertiary/aromatic N) is 5. The summed E-state index contributed by atoms with van der Waals surface area (Å²) in [5.74, 6) is -2.52. The molecule has 0 aromatic carbocycles. The second kappa shape index (κ2) is 9.12. The molecule has 2 aliphatic heterocycles. The fraction of sp³-hybridized carbons (Fsp3) is 0.250. The molecule has 2 aliphatic rings. The molecule has 0 spiro atoms. The standard InChI is InChI=1S/C20H18N8O6S2/c1-34-25-13(10-8-36-20(21)22-10)16(30)23-14-17(31)28-15(19(32)33)9(7-35-18(14)28)6-26-4-5-27-12(26)3-2-11(29)24-27/h2-5,8,14,18H,6-7H2,1H3,(H4-,21,22,23,24,29,30,32,33)/b25-13-/t14-,18-/m1/s1. The van der Waals surface area contributed by atoms with Crippen LogP contribution >= 0.6 is 23.1 Å². The van der Waals surface area contributed by atoms with Crippen LogP contribution in [0.3, 0.4) is 0 Å². The Bertz CT molecular complexity index is 1520. The lowest BCUT2D eigenvalue weighted by Crippen LogP contribution is -2.71. The van der Waals surface area contributed by atoms with E-state index in [1.807, 2.05) is 0 Å². The molecule has 14 nitrogen and oxygen atoms in total. The van der Waals surface area contributed by atoms with Gasteiger partial charge < -0.3 is 25.8 Å². The van der Waals surface area contributed by atoms with Crippen LogP contribution in [0.5, 0.6) is 0 Å². The Morgan fingerprint density at radius 1 is 1.42 bits per heavy atom. The summed E-state index contributed by atoms with van der Waals surface area (Å²) in [6.07, 6.45) is 3.31. The van der Waals surface area contributed by atoms with Crippen molar-refractivity contribution in [1.29, 1.82) is 0 Å². The summed E-state index contributed by atoms with van der Waals surface area (Å²) in [5.41, 5.74) is 6.22. The Kier molecular flexibility index (Phi) is 5.97. The van der Waals surface area contributed by atoms with Gasteiger partial charge in [0.1, 0.15) is 37.0 Å². The number of nitrogens with one attached hydrogen (secondary N) is 2. The number of carboxylic acids is 1. The van der Waals surface area contributed by atoms with E-state index in [0.717, 1.165) is 16.2 Å². The van der Waals surface area contributed by atoms with Gasteiger partial charge in [-0.2, -0.15) is 5.10 Å². The van der Waals surface area contributed by atoms with E-state index in [9.17, 15) is 24.3 Å². The van der Waals surface area contributed by atoms with E-state index in [-0.39, 0.29) is 40.1 Å². The predicted molar refractivity (Wildman–Crippen MR) is 125 cm³/mol. The van der Waals surface area contributed by atoms with E-state index in [4.69, 9.17) is 10.6 Å². The van der Waals surface area contributed by atoms with Crippen molar-refractivity contribution >= 4 is 57.4 Å². The van der Waals surface area contributed by atoms with Crippen LogP contribution in [-0.4, -0.2) is 67.3 Å². The number of imidazole rings is 1. The number of carboxylic acid groups (broad SMARTS) is 1. The minimum atomic E-state index is -1.49. The number of fused-ring (bicyclic) bond motifs is 2. The molecule has 2 atom stereocenters. The molecule has 0 aliphatic carbocycles. The number of aliphatic carboxylic acids is 1. The summed E-state index contributed by atoms with van der Waals surface area (Å²) < 4.78 is 3.25. The summed E-state index contributed by atoms with van der Waals surface area (Å²) in [7, 11) is 1.26. The highest BCUT2D eigenvalue weighted by molar-refractivity contribution is 8.00. The topological polar surface area (TPSA) is 191 Å². The van der Waals surface area contributed by atoms with Crippen LogP contribution in [0.15, 0.2) is 51.1 Å². The van der Waals surface area contributed by atoms with Gasteiger partial charge in [0, 0.05) is 28.8 Å². The third-order valence-electron chi connectivity index (χ3n) is 5.60. The van der Waals surface area contributed by atoms with Crippen molar-refractivity contribution in [3.05, 3.63) is 57.2 Å². The minimum Gasteiger partial charge on any atom is -0.543 e. The lowest BCUT2D eigenvalue weighted by molar-refractivity contribution is -0.662. The number of oxime groups is 1. The summed E-state index contributed by atoms with van der Waals surface area (Å²) in [6, 6.07) is 1.98. The van der Waals surface area contributed by atoms with E-state index >= 15 is 0 Å². The highest BCUT2D eigenvalue weighted by atomic mass is 32.2. The summed E-state index contributed by atoms with van der Waals surface area (Å²) in [5, 5.41) is 22.1. The molecule has 2 amide bonds. The number of rotatable bonds is 7. The molecular formula is C20H18N8O6S2. The van der Waals surface area contributed by atoms with Gasteiger partial charge in [-0.05, 0) is 0 Å². The van der Waals surface area contributed by atoms with Crippen LogP contribution in [0.4, 0.5) is 5.13 Å². The fourth-order valence-electron chi connectivity index (χ4n) is 4.05. The Morgan fingerprint density at radius 2 is 2.22 bits per heavy atom. The van der Waals surface area contributed by atoms with Crippen LogP contribution in [-0.2, 0) is 25.8 Å². The summed E-state index contributed by atoms with van der Waals surface area (Å²) in [4.78, 5) is 59.3. The molecule has 186 valence electrons. The van der Waals surface area contributed by atoms with Crippen LogP contribution in [0.1, 0.15) is 5.69 Å². The zero-order valence-electron chi connectivity index (χ0n) is 18.5. The number of aromatic nitrogens is 4. The molecule has 0 radical (unpaired) electrons. The van der Waals surface area contributed by atoms with E-state index < -0.39 is 29.2 Å². The van der Waals surface area contributed by atoms with Gasteiger partial charge in [-0.25, -0.2) is 9.55 Å². The maximum absolute atomic E-state index is 13.0. The number of nitrogens with two attached hydrogens (primary N) is 1. The molecule has 4 N–H and O–H groups in total. The first-order chi connectivity index (χ1) is 17.3. The molecule has 5 heterocycles. The number of thiazole rings is 1. The fourth-order valence-corrected chi connectivity index (χ4v) is 5.93. The normalized spacial score (nSPS) is 19.8. The Balaban J connectivity index is 1.38. The van der Waals surface area contributed by atoms with Crippen LogP contribution in [0, 0.1) is 0 Å². The Hall–Kier alpha value is -4.18. The van der Waals surface area contributed by atoms with Crippen LogP contribution in [0.25, 0.3) is 5.65 Å². The number of thioether (sulfide) groups is 1. The summed E-state index contributed by atoms with van der Waals surface area (Å²) >= 11 is 2.42. The van der Waals surface area contributed by atoms with Gasteiger partial charge >= 0.3 is 5.65 Å². The summed E-state index contributed by atoms with van der Waals surface area (Å²) in [6.45, 7) is 0.155. The van der Waals surface area contributed by atoms with Gasteiger partial charge in [-0.15, -0.1) is 27.6 Å². The molecule has 0 bridgehead atoms. The monoisotopic (exact) mass is 530 g/mol. The number of carbonyl (C=O) groups excluding carboxylic acids is 3. The molecule has 1 fully saturated rings. The number of carbonyl (C=O) groups is 3. The highest BCUT2D eigenvalue weighted by Crippen LogP contribution is 2.40. The van der Waals surface area contributed by atoms with E-state index in [0.29, 0.717) is 11.2 Å². The first-order valence-electron chi connectivity index (χ1n) is 10.4. The number of nitrogen functional groups attached to an aromatic ring is 1. The number of hydrogen-bond donors (Lipinski definition) is 3. The first kappa shape index (κ1) is 23.6. The van der Waals surface area contributed by atoms with Gasteiger partial charge in [0.25, 0.3) is 17.4 Å². The third kappa shape index (κ3) is 3.99. The highest BCUT2D eigenvalue weighted by Gasteiger charge is 2.53. The van der Waals surface area contributed by atoms with Gasteiger partial charge in [-0.3, -0.25) is 19.3 Å². The van der Waals surface area contributed by atoms with E-state index in [2.05, 4.69) is 20.6 Å². The van der Waals surface area contributed by atoms with Crippen molar-refractivity contribution in [3.63, 3.8) is 0 Å². The number of hydrogen-bond acceptors (Lipinski definition) is 11. The van der Waals surface area contributed by atoms with Crippen LogP contribution < -0.4 is 26.3 Å². The van der Waals surface area contributed by atoms with Crippen LogP contribution in [0.2, 0.25) is 0 Å². The Labute approximate surface area is 210 Å². The average Bonchev–Trinajstić information content (AvgIpc) is 3.45. The average molecular weight is 531 g/mol. The lowest BCUT2D eigenvalue weighted by Gasteiger charge is -2.50. The zero-order valence-corrected chi connectivity index (χ0v) is 20.2. The smallest absolute Gasteiger partial charge is 0.305 e. The van der Waals surface area contributed by atoms with Crippen molar-refractivity contribution < 1.29 is 28.9 Å². The van der Waals surface area contributed by atoms with Gasteiger partial charge in [-0.1, -0.05) is 5.16 Å². The number of amides is 2. The first-order valence-corrected chi connectivity index (χ1v) is 12.3. The molecule has 36 heavy (non-hydrogen) atoms. The van der Waals surface area contributed by atoms with Crippen molar-refractivity contribution in [2.24, 2.45) is 5.16 Å². The third-order valence-corrected chi connectivity index (χ3v) is 7.62. The number of H-pyrrole nitrogens is 1. The van der Waals surface area contributed by atoms with Crippen molar-refractivity contribution in [1.82, 2.24) is 24.8 Å². The quantitative estimate of drug-likeness (QED) is 0.127. The number of anilines is 1. The zero-order chi connectivity index (χ0) is 25.6. The maximum Gasteiger partial charge on any atom is 0.305 e.